The number of carbonyl (C=O) groups is 1. The summed E-state index contributed by atoms with van der Waals surface area (Å²) >= 11 is 0. The minimum atomic E-state index is -0.609. The van der Waals surface area contributed by atoms with Crippen molar-refractivity contribution in [3.05, 3.63) is 106 Å². The summed E-state index contributed by atoms with van der Waals surface area (Å²) in [7, 11) is 0. The quantitative estimate of drug-likeness (QED) is 0.244. The van der Waals surface area contributed by atoms with Crippen LogP contribution >= 0.6 is 0 Å². The molecule has 0 spiro atoms. The fourth-order valence-electron chi connectivity index (χ4n) is 5.40. The first-order valence-corrected chi connectivity index (χ1v) is 14.5. The number of aryl methyl sites for hydroxylation is 1. The highest BCUT2D eigenvalue weighted by molar-refractivity contribution is 5.99. The molecule has 5 aromatic rings. The van der Waals surface area contributed by atoms with Crippen molar-refractivity contribution in [2.75, 3.05) is 26.3 Å². The number of imidazole rings is 1. The van der Waals surface area contributed by atoms with Crippen molar-refractivity contribution < 1.29 is 18.4 Å². The fraction of sp³-hybridized carbons (Fsp3) is 0.273. The van der Waals surface area contributed by atoms with Crippen LogP contribution in [-0.2, 0) is 17.7 Å². The molecule has 0 saturated carbocycles. The van der Waals surface area contributed by atoms with Crippen LogP contribution in [0.5, 0.6) is 0 Å². The molecule has 220 valence electrons. The molecule has 0 atom stereocenters. The number of benzene rings is 3. The maximum absolute atomic E-state index is 14.1. The molecule has 10 heteroatoms. The Kier molecular flexibility index (Phi) is 8.28. The minimum Gasteiger partial charge on any atom is -0.378 e. The first kappa shape index (κ1) is 28.3. The summed E-state index contributed by atoms with van der Waals surface area (Å²) in [6.07, 6.45) is 2.61. The molecule has 0 aliphatic carbocycles. The van der Waals surface area contributed by atoms with Gasteiger partial charge in [0.15, 0.2) is 5.82 Å². The van der Waals surface area contributed by atoms with Crippen molar-refractivity contribution >= 4 is 5.91 Å². The number of nitrogens with one attached hydrogen (secondary N) is 1. The number of hydrogen-bond donors (Lipinski definition) is 1. The zero-order valence-electron chi connectivity index (χ0n) is 23.9. The lowest BCUT2D eigenvalue weighted by atomic mass is 9.98. The van der Waals surface area contributed by atoms with Crippen molar-refractivity contribution in [2.45, 2.75) is 32.7 Å². The maximum atomic E-state index is 14.1. The third-order valence-electron chi connectivity index (χ3n) is 7.65. The Bertz CT molecular complexity index is 1770. The van der Waals surface area contributed by atoms with Crippen LogP contribution in [0.3, 0.4) is 0 Å². The van der Waals surface area contributed by atoms with Crippen LogP contribution in [0.25, 0.3) is 33.8 Å². The number of H-pyrrole nitrogens is 1. The van der Waals surface area contributed by atoms with E-state index in [2.05, 4.69) is 17.1 Å². The molecule has 9 nitrogen and oxygen atoms in total. The molecule has 1 aliphatic heterocycles. The molecule has 0 unspecified atom stereocenters. The van der Waals surface area contributed by atoms with Crippen LogP contribution in [0.1, 0.15) is 41.6 Å². The van der Waals surface area contributed by atoms with E-state index in [-0.39, 0.29) is 11.7 Å². The largest absolute Gasteiger partial charge is 0.439 e. The first-order chi connectivity index (χ1) is 21.0. The summed E-state index contributed by atoms with van der Waals surface area (Å²) < 4.78 is 26.1. The van der Waals surface area contributed by atoms with Crippen LogP contribution < -0.4 is 5.76 Å². The van der Waals surface area contributed by atoms with Gasteiger partial charge in [-0.25, -0.2) is 14.2 Å². The number of nitrogens with zero attached hydrogens (tertiary/aromatic N) is 4. The monoisotopic (exact) mass is 581 g/mol. The van der Waals surface area contributed by atoms with Gasteiger partial charge in [-0.3, -0.25) is 14.3 Å². The summed E-state index contributed by atoms with van der Waals surface area (Å²) in [6, 6.07) is 21.9. The van der Waals surface area contributed by atoms with E-state index in [0.717, 1.165) is 40.9 Å². The summed E-state index contributed by atoms with van der Waals surface area (Å²) in [5.74, 6) is 0.129. The van der Waals surface area contributed by atoms with Crippen molar-refractivity contribution in [1.82, 2.24) is 24.6 Å². The molecule has 1 fully saturated rings. The predicted octanol–water partition coefficient (Wildman–Crippen LogP) is 5.56. The van der Waals surface area contributed by atoms with Gasteiger partial charge in [0.2, 0.25) is 0 Å². The molecule has 0 radical (unpaired) electrons. The van der Waals surface area contributed by atoms with Gasteiger partial charge in [-0.1, -0.05) is 67.0 Å². The number of halogens is 1. The number of carbonyl (C=O) groups excluding carboxylic acids is 1. The summed E-state index contributed by atoms with van der Waals surface area (Å²) in [5.41, 5.74) is 5.35. The first-order valence-electron chi connectivity index (χ1n) is 14.5. The molecular formula is C33H32FN5O4. The average Bonchev–Trinajstić information content (AvgIpc) is 3.64. The Morgan fingerprint density at radius 1 is 0.953 bits per heavy atom. The third kappa shape index (κ3) is 6.05. The van der Waals surface area contributed by atoms with Gasteiger partial charge in [-0.05, 0) is 47.4 Å². The average molecular weight is 582 g/mol. The second-order valence-corrected chi connectivity index (χ2v) is 10.5. The van der Waals surface area contributed by atoms with Crippen LogP contribution in [0.4, 0.5) is 4.39 Å². The number of amides is 1. The Labute approximate surface area is 247 Å². The smallest absolute Gasteiger partial charge is 0.378 e. The van der Waals surface area contributed by atoms with Gasteiger partial charge in [0.25, 0.3) is 5.91 Å². The lowest BCUT2D eigenvalue weighted by molar-refractivity contribution is 0.0296. The van der Waals surface area contributed by atoms with Crippen LogP contribution in [0, 0.1) is 5.82 Å². The van der Waals surface area contributed by atoms with E-state index < -0.39 is 5.76 Å². The fourth-order valence-corrected chi connectivity index (χ4v) is 5.40. The Morgan fingerprint density at radius 3 is 2.33 bits per heavy atom. The summed E-state index contributed by atoms with van der Waals surface area (Å²) in [6.45, 7) is 4.54. The molecule has 1 aliphatic rings. The molecule has 3 heterocycles. The predicted molar refractivity (Wildman–Crippen MR) is 160 cm³/mol. The normalized spacial score (nSPS) is 13.4. The molecule has 1 amide bonds. The number of aromatic amines is 1. The van der Waals surface area contributed by atoms with Gasteiger partial charge in [-0.2, -0.15) is 0 Å². The summed E-state index contributed by atoms with van der Waals surface area (Å²) in [4.78, 5) is 35.1. The second kappa shape index (κ2) is 12.6. The highest BCUT2D eigenvalue weighted by atomic mass is 19.1. The molecule has 1 N–H and O–H groups in total. The minimum absolute atomic E-state index is 0.106. The van der Waals surface area contributed by atoms with E-state index in [1.165, 1.54) is 12.1 Å². The molecule has 6 rings (SSSR count). The lowest BCUT2D eigenvalue weighted by Crippen LogP contribution is -2.41. The van der Waals surface area contributed by atoms with E-state index in [1.807, 2.05) is 58.0 Å². The summed E-state index contributed by atoms with van der Waals surface area (Å²) in [5, 5.41) is 3.86. The molecule has 0 bridgehead atoms. The number of aromatic nitrogens is 4. The Morgan fingerprint density at radius 2 is 1.65 bits per heavy atom. The Balaban J connectivity index is 1.39. The van der Waals surface area contributed by atoms with Gasteiger partial charge in [0, 0.05) is 37.2 Å². The van der Waals surface area contributed by atoms with Crippen LogP contribution in [0.2, 0.25) is 0 Å². The van der Waals surface area contributed by atoms with E-state index in [9.17, 15) is 14.0 Å². The number of unbranched alkanes of at least 4 members (excludes halogenated alkanes) is 1. The topological polar surface area (TPSA) is 106 Å². The van der Waals surface area contributed by atoms with Crippen molar-refractivity contribution in [1.29, 1.82) is 0 Å². The van der Waals surface area contributed by atoms with Gasteiger partial charge in [0.05, 0.1) is 13.2 Å². The van der Waals surface area contributed by atoms with Gasteiger partial charge in [0.1, 0.15) is 23.0 Å². The van der Waals surface area contributed by atoms with Crippen LogP contribution in [-0.4, -0.2) is 56.8 Å². The molecular weight excluding hydrogens is 549 g/mol. The van der Waals surface area contributed by atoms with Gasteiger partial charge < -0.3 is 14.2 Å². The molecule has 1 saturated heterocycles. The second-order valence-electron chi connectivity index (χ2n) is 10.5. The SMILES string of the molecule is CCCCc1nc(-c2ccc(F)cc2)c(C(=O)N2CCOCC2)n1Cc1ccc(-c2ccccc2-c2noc(=O)[nH]2)cc1. The molecule has 3 aromatic carbocycles. The number of morpholine rings is 1. The van der Waals surface area contributed by atoms with E-state index in [4.69, 9.17) is 14.2 Å². The zero-order valence-corrected chi connectivity index (χ0v) is 23.9. The Hall–Kier alpha value is -4.83. The highest BCUT2D eigenvalue weighted by Gasteiger charge is 2.29. The standard InChI is InChI=1S/C33H32FN5O4/c1-2-3-8-28-35-29(24-13-15-25(34)16-14-24)30(32(40)38-17-19-42-20-18-38)39(28)21-22-9-11-23(12-10-22)26-6-4-5-7-27(26)31-36-33(41)43-37-31/h4-7,9-16H,2-3,8,17-21H2,1H3,(H,36,37,41). The van der Waals surface area contributed by atoms with Gasteiger partial charge >= 0.3 is 5.76 Å². The maximum Gasteiger partial charge on any atom is 0.439 e. The van der Waals surface area contributed by atoms with E-state index in [0.29, 0.717) is 62.0 Å². The van der Waals surface area contributed by atoms with E-state index in [1.54, 1.807) is 12.1 Å². The number of hydrogen-bond acceptors (Lipinski definition) is 6. The highest BCUT2D eigenvalue weighted by Crippen LogP contribution is 2.31. The van der Waals surface area contributed by atoms with Crippen molar-refractivity contribution in [3.8, 4) is 33.8 Å². The van der Waals surface area contributed by atoms with Crippen LogP contribution in [0.15, 0.2) is 82.1 Å². The van der Waals surface area contributed by atoms with Crippen molar-refractivity contribution in [2.24, 2.45) is 0 Å². The number of rotatable bonds is 9. The van der Waals surface area contributed by atoms with Crippen molar-refractivity contribution in [3.63, 3.8) is 0 Å². The molecule has 43 heavy (non-hydrogen) atoms. The number of ether oxygens (including phenoxy) is 1. The van der Waals surface area contributed by atoms with Gasteiger partial charge in [-0.15, -0.1) is 0 Å². The molecule has 2 aromatic heterocycles. The van der Waals surface area contributed by atoms with E-state index >= 15 is 0 Å². The lowest BCUT2D eigenvalue weighted by Gasteiger charge is -2.27. The zero-order chi connectivity index (χ0) is 29.8. The third-order valence-corrected chi connectivity index (χ3v) is 7.65.